The summed E-state index contributed by atoms with van der Waals surface area (Å²) in [5, 5.41) is 13.8. The summed E-state index contributed by atoms with van der Waals surface area (Å²) in [6.45, 7) is 5.68. The number of amides is 2. The van der Waals surface area contributed by atoms with Crippen molar-refractivity contribution in [3.05, 3.63) is 0 Å². The van der Waals surface area contributed by atoms with Crippen LogP contribution in [0.3, 0.4) is 0 Å². The molecule has 0 aromatic heterocycles. The number of carbonyl (C=O) groups is 3. The average Bonchev–Trinajstić information content (AvgIpc) is 2.33. The van der Waals surface area contributed by atoms with E-state index >= 15 is 0 Å². The molecular weight excluding hydrogens is 268 g/mol. The highest BCUT2D eigenvalue weighted by Gasteiger charge is 2.19. The van der Waals surface area contributed by atoms with E-state index in [-0.39, 0.29) is 17.1 Å². The first-order valence-corrected chi connectivity index (χ1v) is 7.32. The van der Waals surface area contributed by atoms with Crippen molar-refractivity contribution in [3.63, 3.8) is 0 Å². The van der Waals surface area contributed by atoms with E-state index in [0.717, 1.165) is 6.42 Å². The zero-order chi connectivity index (χ0) is 14.8. The molecule has 0 saturated heterocycles. The van der Waals surface area contributed by atoms with Gasteiger partial charge in [-0.25, -0.2) is 4.79 Å². The van der Waals surface area contributed by atoms with Crippen LogP contribution in [0.2, 0.25) is 0 Å². The van der Waals surface area contributed by atoms with Gasteiger partial charge in [0.1, 0.15) is 6.04 Å². The molecule has 0 aliphatic carbocycles. The molecule has 6 nitrogen and oxygen atoms in total. The van der Waals surface area contributed by atoms with Crippen LogP contribution in [0, 0.1) is 0 Å². The molecule has 2 amide bonds. The maximum atomic E-state index is 11.6. The lowest BCUT2D eigenvalue weighted by molar-refractivity contribution is -0.141. The summed E-state index contributed by atoms with van der Waals surface area (Å²) in [5.74, 6) is -0.971. The first-order chi connectivity index (χ1) is 8.88. The van der Waals surface area contributed by atoms with Crippen LogP contribution >= 0.6 is 11.8 Å². The van der Waals surface area contributed by atoms with Gasteiger partial charge >= 0.3 is 5.97 Å². The third-order valence-electron chi connectivity index (χ3n) is 2.37. The van der Waals surface area contributed by atoms with Crippen LogP contribution in [0.5, 0.6) is 0 Å². The lowest BCUT2D eigenvalue weighted by Gasteiger charge is -2.15. The summed E-state index contributed by atoms with van der Waals surface area (Å²) in [6, 6.07) is -0.893. The van der Waals surface area contributed by atoms with Gasteiger partial charge in [0.2, 0.25) is 11.8 Å². The fourth-order valence-electron chi connectivity index (χ4n) is 1.33. The SMILES string of the molecule is CCCNC(=O)C(C)SCCC(NC(C)=O)C(=O)O. The Morgan fingerprint density at radius 3 is 2.42 bits per heavy atom. The fraction of sp³-hybridized carbons (Fsp3) is 0.750. The van der Waals surface area contributed by atoms with Crippen molar-refractivity contribution in [2.75, 3.05) is 12.3 Å². The number of rotatable bonds is 9. The highest BCUT2D eigenvalue weighted by Crippen LogP contribution is 2.13. The fourth-order valence-corrected chi connectivity index (χ4v) is 2.29. The van der Waals surface area contributed by atoms with E-state index < -0.39 is 12.0 Å². The van der Waals surface area contributed by atoms with Crippen LogP contribution in [-0.2, 0) is 14.4 Å². The summed E-state index contributed by atoms with van der Waals surface area (Å²) in [7, 11) is 0. The number of carbonyl (C=O) groups excluding carboxylic acids is 2. The van der Waals surface area contributed by atoms with Crippen molar-refractivity contribution in [1.29, 1.82) is 0 Å². The minimum atomic E-state index is -1.06. The number of hydrogen-bond acceptors (Lipinski definition) is 4. The predicted molar refractivity (Wildman–Crippen MR) is 75.1 cm³/mol. The molecule has 0 radical (unpaired) electrons. The smallest absolute Gasteiger partial charge is 0.326 e. The van der Waals surface area contributed by atoms with E-state index in [0.29, 0.717) is 18.7 Å². The Kier molecular flexibility index (Phi) is 9.03. The molecule has 19 heavy (non-hydrogen) atoms. The van der Waals surface area contributed by atoms with E-state index in [9.17, 15) is 14.4 Å². The van der Waals surface area contributed by atoms with Crippen LogP contribution in [-0.4, -0.2) is 46.5 Å². The zero-order valence-electron chi connectivity index (χ0n) is 11.6. The van der Waals surface area contributed by atoms with Gasteiger partial charge in [0.05, 0.1) is 5.25 Å². The van der Waals surface area contributed by atoms with Crippen molar-refractivity contribution < 1.29 is 19.5 Å². The first kappa shape index (κ1) is 17.8. The predicted octanol–water partition coefficient (Wildman–Crippen LogP) is 0.614. The minimum absolute atomic E-state index is 0.0433. The Hall–Kier alpha value is -1.24. The van der Waals surface area contributed by atoms with E-state index in [2.05, 4.69) is 10.6 Å². The summed E-state index contributed by atoms with van der Waals surface area (Å²) >= 11 is 1.38. The Bertz CT molecular complexity index is 323. The lowest BCUT2D eigenvalue weighted by Crippen LogP contribution is -2.40. The molecule has 0 bridgehead atoms. The van der Waals surface area contributed by atoms with Crippen LogP contribution in [0.4, 0.5) is 0 Å². The number of carboxylic acids is 1. The van der Waals surface area contributed by atoms with Gasteiger partial charge in [-0.1, -0.05) is 6.92 Å². The minimum Gasteiger partial charge on any atom is -0.480 e. The third kappa shape index (κ3) is 8.47. The molecule has 2 atom stereocenters. The molecule has 110 valence electrons. The normalized spacial score (nSPS) is 13.4. The Morgan fingerprint density at radius 2 is 1.95 bits per heavy atom. The molecule has 0 spiro atoms. The van der Waals surface area contributed by atoms with Gasteiger partial charge in [-0.2, -0.15) is 0 Å². The molecule has 0 aliphatic heterocycles. The Labute approximate surface area is 117 Å². The third-order valence-corrected chi connectivity index (χ3v) is 3.55. The van der Waals surface area contributed by atoms with Crippen molar-refractivity contribution in [3.8, 4) is 0 Å². The molecule has 3 N–H and O–H groups in total. The van der Waals surface area contributed by atoms with Gasteiger partial charge in [-0.15, -0.1) is 11.8 Å². The van der Waals surface area contributed by atoms with Crippen LogP contribution < -0.4 is 10.6 Å². The molecule has 0 saturated carbocycles. The summed E-state index contributed by atoms with van der Waals surface area (Å²) in [4.78, 5) is 33.3. The highest BCUT2D eigenvalue weighted by atomic mass is 32.2. The van der Waals surface area contributed by atoms with Crippen molar-refractivity contribution >= 4 is 29.5 Å². The van der Waals surface area contributed by atoms with Gasteiger partial charge < -0.3 is 15.7 Å². The highest BCUT2D eigenvalue weighted by molar-refractivity contribution is 8.00. The van der Waals surface area contributed by atoms with Crippen LogP contribution in [0.25, 0.3) is 0 Å². The number of thioether (sulfide) groups is 1. The number of aliphatic carboxylic acids is 1. The molecule has 2 unspecified atom stereocenters. The second-order valence-electron chi connectivity index (χ2n) is 4.18. The summed E-state index contributed by atoms with van der Waals surface area (Å²) in [5.41, 5.74) is 0. The molecule has 0 aliphatic rings. The van der Waals surface area contributed by atoms with E-state index in [1.165, 1.54) is 18.7 Å². The van der Waals surface area contributed by atoms with Gasteiger partial charge in [0.25, 0.3) is 0 Å². The van der Waals surface area contributed by atoms with Crippen LogP contribution in [0.15, 0.2) is 0 Å². The molecule has 7 heteroatoms. The molecule has 0 rings (SSSR count). The van der Waals surface area contributed by atoms with Gasteiger partial charge in [-0.05, 0) is 25.5 Å². The second-order valence-corrected chi connectivity index (χ2v) is 5.63. The number of carboxylic acid groups (broad SMARTS) is 1. The number of hydrogen-bond donors (Lipinski definition) is 3. The van der Waals surface area contributed by atoms with E-state index in [1.807, 2.05) is 6.92 Å². The second kappa shape index (κ2) is 9.66. The largest absolute Gasteiger partial charge is 0.480 e. The maximum Gasteiger partial charge on any atom is 0.326 e. The maximum absolute atomic E-state index is 11.6. The van der Waals surface area contributed by atoms with Crippen molar-refractivity contribution in [2.24, 2.45) is 0 Å². The lowest BCUT2D eigenvalue weighted by atomic mass is 10.2. The van der Waals surface area contributed by atoms with Gasteiger partial charge in [-0.3, -0.25) is 9.59 Å². The molecule has 0 heterocycles. The Balaban J connectivity index is 4.01. The van der Waals surface area contributed by atoms with Gasteiger partial charge in [0.15, 0.2) is 0 Å². The number of nitrogens with one attached hydrogen (secondary N) is 2. The standard InChI is InChI=1S/C12H22N2O4S/c1-4-6-13-11(16)8(2)19-7-5-10(12(17)18)14-9(3)15/h8,10H,4-7H2,1-3H3,(H,13,16)(H,14,15)(H,17,18). The Morgan fingerprint density at radius 1 is 1.32 bits per heavy atom. The van der Waals surface area contributed by atoms with Crippen molar-refractivity contribution in [2.45, 2.75) is 44.9 Å². The topological polar surface area (TPSA) is 95.5 Å². The first-order valence-electron chi connectivity index (χ1n) is 6.27. The summed E-state index contributed by atoms with van der Waals surface area (Å²) < 4.78 is 0. The molecule has 0 fully saturated rings. The van der Waals surface area contributed by atoms with E-state index in [4.69, 9.17) is 5.11 Å². The average molecular weight is 290 g/mol. The van der Waals surface area contributed by atoms with Crippen LogP contribution in [0.1, 0.15) is 33.6 Å². The zero-order valence-corrected chi connectivity index (χ0v) is 12.4. The molecule has 0 aromatic carbocycles. The summed E-state index contributed by atoms with van der Waals surface area (Å²) in [6.07, 6.45) is 1.18. The molecular formula is C12H22N2O4S. The monoisotopic (exact) mass is 290 g/mol. The van der Waals surface area contributed by atoms with Gasteiger partial charge in [0, 0.05) is 13.5 Å². The van der Waals surface area contributed by atoms with Crippen molar-refractivity contribution in [1.82, 2.24) is 10.6 Å². The molecule has 0 aromatic rings. The van der Waals surface area contributed by atoms with E-state index in [1.54, 1.807) is 6.92 Å². The quantitative estimate of drug-likeness (QED) is 0.578.